The summed E-state index contributed by atoms with van der Waals surface area (Å²) in [5, 5.41) is 11.9. The SMILES string of the molecule is Cc1cc(C(C)NC(=O)[C@@H]2CC[C@H](C(=O)O)C2)c(C)o1. The van der Waals surface area contributed by atoms with Gasteiger partial charge in [0.05, 0.1) is 12.0 Å². The van der Waals surface area contributed by atoms with Crippen molar-refractivity contribution in [2.75, 3.05) is 0 Å². The van der Waals surface area contributed by atoms with Crippen molar-refractivity contribution < 1.29 is 19.1 Å². The van der Waals surface area contributed by atoms with E-state index in [1.807, 2.05) is 26.8 Å². The maximum Gasteiger partial charge on any atom is 0.306 e. The number of hydrogen-bond donors (Lipinski definition) is 2. The fraction of sp³-hybridized carbons (Fsp3) is 0.600. The molecule has 5 nitrogen and oxygen atoms in total. The second-order valence-corrected chi connectivity index (χ2v) is 5.64. The van der Waals surface area contributed by atoms with E-state index in [9.17, 15) is 9.59 Å². The van der Waals surface area contributed by atoms with E-state index in [4.69, 9.17) is 9.52 Å². The van der Waals surface area contributed by atoms with Crippen LogP contribution in [0.1, 0.15) is 49.3 Å². The molecule has 2 rings (SSSR count). The summed E-state index contributed by atoms with van der Waals surface area (Å²) in [6.45, 7) is 5.67. The number of aryl methyl sites for hydroxylation is 2. The molecule has 1 heterocycles. The molecule has 1 fully saturated rings. The number of rotatable bonds is 4. The van der Waals surface area contributed by atoms with Gasteiger partial charge >= 0.3 is 5.97 Å². The lowest BCUT2D eigenvalue weighted by atomic mass is 10.0. The van der Waals surface area contributed by atoms with Gasteiger partial charge in [0.2, 0.25) is 5.91 Å². The molecule has 0 spiro atoms. The zero-order chi connectivity index (χ0) is 14.9. The molecule has 1 unspecified atom stereocenters. The average molecular weight is 279 g/mol. The molecule has 0 bridgehead atoms. The third-order valence-corrected chi connectivity index (χ3v) is 4.06. The van der Waals surface area contributed by atoms with Crippen LogP contribution in [0.25, 0.3) is 0 Å². The Balaban J connectivity index is 1.95. The van der Waals surface area contributed by atoms with Crippen molar-refractivity contribution in [1.82, 2.24) is 5.32 Å². The topological polar surface area (TPSA) is 79.5 Å². The molecule has 2 N–H and O–H groups in total. The van der Waals surface area contributed by atoms with E-state index >= 15 is 0 Å². The fourth-order valence-corrected chi connectivity index (χ4v) is 2.93. The number of furan rings is 1. The van der Waals surface area contributed by atoms with Crippen molar-refractivity contribution in [2.24, 2.45) is 11.8 Å². The van der Waals surface area contributed by atoms with Crippen molar-refractivity contribution >= 4 is 11.9 Å². The first-order chi connectivity index (χ1) is 9.38. The van der Waals surface area contributed by atoms with Gasteiger partial charge in [-0.1, -0.05) is 0 Å². The van der Waals surface area contributed by atoms with Crippen molar-refractivity contribution in [3.8, 4) is 0 Å². The summed E-state index contributed by atoms with van der Waals surface area (Å²) >= 11 is 0. The first-order valence-corrected chi connectivity index (χ1v) is 6.98. The molecule has 20 heavy (non-hydrogen) atoms. The second kappa shape index (κ2) is 5.69. The third kappa shape index (κ3) is 3.03. The van der Waals surface area contributed by atoms with E-state index < -0.39 is 5.97 Å². The van der Waals surface area contributed by atoms with Gasteiger partial charge in [-0.25, -0.2) is 0 Å². The highest BCUT2D eigenvalue weighted by Gasteiger charge is 2.34. The summed E-state index contributed by atoms with van der Waals surface area (Å²) < 4.78 is 5.46. The minimum Gasteiger partial charge on any atom is -0.481 e. The fourth-order valence-electron chi connectivity index (χ4n) is 2.93. The Morgan fingerprint density at radius 1 is 1.35 bits per heavy atom. The van der Waals surface area contributed by atoms with Crippen LogP contribution >= 0.6 is 0 Å². The smallest absolute Gasteiger partial charge is 0.306 e. The van der Waals surface area contributed by atoms with Gasteiger partial charge in [-0.05, 0) is 46.1 Å². The second-order valence-electron chi connectivity index (χ2n) is 5.64. The molecule has 1 aromatic rings. The van der Waals surface area contributed by atoms with E-state index in [2.05, 4.69) is 5.32 Å². The standard InChI is InChI=1S/C15H21NO4/c1-8-6-13(10(3)20-8)9(2)16-14(17)11-4-5-12(7-11)15(18)19/h6,9,11-12H,4-5,7H2,1-3H3,(H,16,17)(H,18,19)/t9?,11-,12+/m1/s1. The lowest BCUT2D eigenvalue weighted by Gasteiger charge is -2.16. The predicted molar refractivity (Wildman–Crippen MR) is 73.2 cm³/mol. The normalized spacial score (nSPS) is 23.6. The van der Waals surface area contributed by atoms with Crippen LogP contribution in [0.3, 0.4) is 0 Å². The molecule has 5 heteroatoms. The molecule has 1 amide bonds. The van der Waals surface area contributed by atoms with Crippen molar-refractivity contribution in [3.05, 3.63) is 23.2 Å². The molecular weight excluding hydrogens is 258 g/mol. The zero-order valence-corrected chi connectivity index (χ0v) is 12.1. The Labute approximate surface area is 118 Å². The Bertz CT molecular complexity index is 520. The van der Waals surface area contributed by atoms with Gasteiger partial charge in [-0.2, -0.15) is 0 Å². The highest BCUT2D eigenvalue weighted by molar-refractivity contribution is 5.81. The number of amides is 1. The number of carbonyl (C=O) groups excluding carboxylic acids is 1. The van der Waals surface area contributed by atoms with Crippen LogP contribution in [0, 0.1) is 25.7 Å². The summed E-state index contributed by atoms with van der Waals surface area (Å²) in [6, 6.07) is 1.80. The molecule has 0 aromatic carbocycles. The molecule has 0 saturated heterocycles. The summed E-state index contributed by atoms with van der Waals surface area (Å²) in [5.41, 5.74) is 0.976. The van der Waals surface area contributed by atoms with E-state index in [0.717, 1.165) is 17.1 Å². The number of hydrogen-bond acceptors (Lipinski definition) is 3. The zero-order valence-electron chi connectivity index (χ0n) is 12.1. The van der Waals surface area contributed by atoms with Crippen LogP contribution in [-0.2, 0) is 9.59 Å². The van der Waals surface area contributed by atoms with Gasteiger partial charge in [0, 0.05) is 11.5 Å². The maximum atomic E-state index is 12.2. The van der Waals surface area contributed by atoms with Crippen LogP contribution < -0.4 is 5.32 Å². The van der Waals surface area contributed by atoms with Crippen molar-refractivity contribution in [3.63, 3.8) is 0 Å². The number of aliphatic carboxylic acids is 1. The Morgan fingerprint density at radius 3 is 2.50 bits per heavy atom. The van der Waals surface area contributed by atoms with Crippen LogP contribution in [-0.4, -0.2) is 17.0 Å². The average Bonchev–Trinajstić information content (AvgIpc) is 2.95. The Kier molecular flexibility index (Phi) is 4.16. The van der Waals surface area contributed by atoms with E-state index in [0.29, 0.717) is 19.3 Å². The molecule has 0 radical (unpaired) electrons. The van der Waals surface area contributed by atoms with Crippen LogP contribution in [0.15, 0.2) is 10.5 Å². The highest BCUT2D eigenvalue weighted by atomic mass is 16.4. The maximum absolute atomic E-state index is 12.2. The number of carboxylic acid groups (broad SMARTS) is 1. The van der Waals surface area contributed by atoms with Crippen LogP contribution in [0.2, 0.25) is 0 Å². The van der Waals surface area contributed by atoms with Gasteiger partial charge in [-0.15, -0.1) is 0 Å². The minimum atomic E-state index is -0.797. The number of nitrogens with one attached hydrogen (secondary N) is 1. The van der Waals surface area contributed by atoms with E-state index in [1.54, 1.807) is 0 Å². The van der Waals surface area contributed by atoms with Gasteiger partial charge in [0.1, 0.15) is 11.5 Å². The quantitative estimate of drug-likeness (QED) is 0.887. The van der Waals surface area contributed by atoms with Crippen molar-refractivity contribution in [2.45, 2.75) is 46.1 Å². The van der Waals surface area contributed by atoms with Gasteiger partial charge in [0.15, 0.2) is 0 Å². The molecular formula is C15H21NO4. The predicted octanol–water partition coefficient (Wildman–Crippen LogP) is 2.57. The van der Waals surface area contributed by atoms with Crippen LogP contribution in [0.4, 0.5) is 0 Å². The number of carbonyl (C=O) groups is 2. The van der Waals surface area contributed by atoms with E-state index in [-0.39, 0.29) is 23.8 Å². The molecule has 1 saturated carbocycles. The van der Waals surface area contributed by atoms with Gasteiger partial charge < -0.3 is 14.8 Å². The summed E-state index contributed by atoms with van der Waals surface area (Å²) in [4.78, 5) is 23.1. The first kappa shape index (κ1) is 14.6. The third-order valence-electron chi connectivity index (χ3n) is 4.06. The summed E-state index contributed by atoms with van der Waals surface area (Å²) in [7, 11) is 0. The lowest BCUT2D eigenvalue weighted by molar-refractivity contribution is -0.141. The van der Waals surface area contributed by atoms with Crippen molar-refractivity contribution in [1.29, 1.82) is 0 Å². The Hall–Kier alpha value is -1.78. The summed E-state index contributed by atoms with van der Waals surface area (Å²) in [5.74, 6) is 0.218. The first-order valence-electron chi connectivity index (χ1n) is 6.98. The molecule has 1 aromatic heterocycles. The molecule has 3 atom stereocenters. The summed E-state index contributed by atoms with van der Waals surface area (Å²) in [6.07, 6.45) is 1.68. The largest absolute Gasteiger partial charge is 0.481 e. The van der Waals surface area contributed by atoms with Gasteiger partial charge in [0.25, 0.3) is 0 Å². The van der Waals surface area contributed by atoms with E-state index in [1.165, 1.54) is 0 Å². The minimum absolute atomic E-state index is 0.0560. The van der Waals surface area contributed by atoms with Gasteiger partial charge in [-0.3, -0.25) is 9.59 Å². The monoisotopic (exact) mass is 279 g/mol. The molecule has 110 valence electrons. The highest BCUT2D eigenvalue weighted by Crippen LogP contribution is 2.32. The lowest BCUT2D eigenvalue weighted by Crippen LogP contribution is -2.32. The molecule has 0 aliphatic heterocycles. The molecule has 1 aliphatic rings. The molecule has 1 aliphatic carbocycles. The Morgan fingerprint density at radius 2 is 2.00 bits per heavy atom. The van der Waals surface area contributed by atoms with Crippen LogP contribution in [0.5, 0.6) is 0 Å². The number of carboxylic acids is 1.